The van der Waals surface area contributed by atoms with Gasteiger partial charge < -0.3 is 33.8 Å². The molecule has 0 fully saturated rings. The number of carbonyl (C=O) groups is 4. The third-order valence-corrected chi connectivity index (χ3v) is 17.4. The number of unbranched alkanes of at least 4 members (excludes halogenated alkanes) is 14. The number of allylic oxidation sites excluding steroid dienone is 32. The predicted molar refractivity (Wildman–Crippen MR) is 436 cm³/mol. The molecule has 0 aromatic carbocycles. The summed E-state index contributed by atoms with van der Waals surface area (Å²) in [5.41, 5.74) is 0. The number of rotatable bonds is 72. The van der Waals surface area contributed by atoms with Gasteiger partial charge in [0.15, 0.2) is 12.2 Å². The number of ether oxygens (including phenoxy) is 4. The van der Waals surface area contributed by atoms with E-state index >= 15 is 0 Å². The van der Waals surface area contributed by atoms with Gasteiger partial charge in [0.2, 0.25) is 0 Å². The van der Waals surface area contributed by atoms with Crippen molar-refractivity contribution in [3.8, 4) is 0 Å². The zero-order valence-corrected chi connectivity index (χ0v) is 67.1. The summed E-state index contributed by atoms with van der Waals surface area (Å²) in [5.74, 6) is -2.39. The molecule has 0 radical (unpaired) electrons. The first kappa shape index (κ1) is 99.9. The van der Waals surface area contributed by atoms with Crippen molar-refractivity contribution in [2.75, 3.05) is 39.6 Å². The van der Waals surface area contributed by atoms with Gasteiger partial charge in [0.05, 0.1) is 26.4 Å². The first-order chi connectivity index (χ1) is 51.7. The summed E-state index contributed by atoms with van der Waals surface area (Å²) in [6, 6.07) is 0. The summed E-state index contributed by atoms with van der Waals surface area (Å²) in [4.78, 5) is 73.0. The van der Waals surface area contributed by atoms with E-state index in [1.54, 1.807) is 0 Å². The highest BCUT2D eigenvalue weighted by molar-refractivity contribution is 7.47. The summed E-state index contributed by atoms with van der Waals surface area (Å²) >= 11 is 0. The number of phosphoric acid groups is 2. The smallest absolute Gasteiger partial charge is 0.462 e. The normalized spacial score (nSPS) is 14.9. The van der Waals surface area contributed by atoms with Gasteiger partial charge in [-0.2, -0.15) is 0 Å². The summed E-state index contributed by atoms with van der Waals surface area (Å²) in [6.45, 7) is 4.26. The lowest BCUT2D eigenvalue weighted by molar-refractivity contribution is -0.161. The summed E-state index contributed by atoms with van der Waals surface area (Å²) in [7, 11) is -10.0. The van der Waals surface area contributed by atoms with Crippen molar-refractivity contribution in [2.24, 2.45) is 0 Å². The van der Waals surface area contributed by atoms with Gasteiger partial charge in [0.1, 0.15) is 19.3 Å². The molecule has 0 saturated carbocycles. The van der Waals surface area contributed by atoms with E-state index in [4.69, 9.17) is 37.0 Å². The molecule has 106 heavy (non-hydrogen) atoms. The van der Waals surface area contributed by atoms with E-state index < -0.39 is 97.5 Å². The number of phosphoric ester groups is 2. The second-order valence-corrected chi connectivity index (χ2v) is 28.4. The quantitative estimate of drug-likeness (QED) is 0.0169. The molecule has 0 saturated heterocycles. The number of hydrogen-bond acceptors (Lipinski definition) is 15. The van der Waals surface area contributed by atoms with Crippen LogP contribution in [-0.4, -0.2) is 96.7 Å². The second kappa shape index (κ2) is 77.1. The van der Waals surface area contributed by atoms with E-state index in [0.29, 0.717) is 38.5 Å². The number of carbonyl (C=O) groups excluding carboxylic acids is 4. The zero-order chi connectivity index (χ0) is 77.4. The molecule has 0 amide bonds. The van der Waals surface area contributed by atoms with Crippen LogP contribution in [-0.2, 0) is 65.4 Å². The van der Waals surface area contributed by atoms with Gasteiger partial charge in [-0.25, -0.2) is 9.13 Å². The Kier molecular flexibility index (Phi) is 72.6. The van der Waals surface area contributed by atoms with Crippen molar-refractivity contribution >= 4 is 39.5 Å². The van der Waals surface area contributed by atoms with E-state index in [9.17, 15) is 43.2 Å². The van der Waals surface area contributed by atoms with Crippen LogP contribution >= 0.6 is 15.6 Å². The highest BCUT2D eigenvalue weighted by Crippen LogP contribution is 2.45. The molecule has 17 nitrogen and oxygen atoms in total. The maximum Gasteiger partial charge on any atom is 0.472 e. The standard InChI is InChI=1S/C87H138O17P2/c1-5-9-13-17-21-25-29-33-36-39-40-43-45-49-52-56-60-64-68-72-85(90)98-78-83(104-87(92)74-70-66-62-58-54-50-46-42-38-35-31-27-23-19-15-11-7-3)80-102-106(95,96)100-76-81(88)75-99-105(93,94)101-79-82(103-86(91)73-69-65-61-57-53-47-32-28-24-20-16-12-8-4)77-97-84(89)71-67-63-59-55-51-48-44-41-37-34-30-26-22-18-14-10-6-2/h9-11,13-16,20-23,25-28,32-38,40,43,46,49-50,52,58,60,62,64,81-83,88H,5-8,12,17-19,24,29-31,39,41-42,44-45,47-48,51,53-57,59,61,63,65-80H2,1-4H3,(H,93,94)(H,95,96)/b13-9-,14-10-,15-11-,20-16-,25-21-,26-22-,27-23-,32-28-,36-33-,37-34-,38-35-,43-40-,50-46-,52-49-,62-58-,64-60-. The molecule has 19 heteroatoms. The fraction of sp³-hybridized carbons (Fsp3) is 0.586. The number of aliphatic hydroxyl groups excluding tert-OH is 1. The van der Waals surface area contributed by atoms with Crippen molar-refractivity contribution in [1.82, 2.24) is 0 Å². The maximum atomic E-state index is 13.1. The van der Waals surface area contributed by atoms with Gasteiger partial charge in [-0.1, -0.05) is 280 Å². The first-order valence-electron chi connectivity index (χ1n) is 39.7. The van der Waals surface area contributed by atoms with Crippen molar-refractivity contribution in [3.63, 3.8) is 0 Å². The Hall–Kier alpha value is -6.10. The van der Waals surface area contributed by atoms with Gasteiger partial charge >= 0.3 is 39.5 Å². The van der Waals surface area contributed by atoms with Gasteiger partial charge in [-0.3, -0.25) is 37.3 Å². The van der Waals surface area contributed by atoms with Crippen molar-refractivity contribution in [1.29, 1.82) is 0 Å². The van der Waals surface area contributed by atoms with Crippen LogP contribution in [0.25, 0.3) is 0 Å². The van der Waals surface area contributed by atoms with Crippen LogP contribution in [0.5, 0.6) is 0 Å². The molecular weight excluding hydrogens is 1380 g/mol. The molecule has 0 aliphatic heterocycles. The Morgan fingerprint density at radius 3 is 0.849 bits per heavy atom. The maximum absolute atomic E-state index is 13.1. The highest BCUT2D eigenvalue weighted by Gasteiger charge is 2.30. The average molecular weight is 1520 g/mol. The Bertz CT molecular complexity index is 2780. The molecule has 0 aliphatic rings. The summed E-state index contributed by atoms with van der Waals surface area (Å²) in [5, 5.41) is 10.6. The minimum Gasteiger partial charge on any atom is -0.462 e. The van der Waals surface area contributed by atoms with E-state index in [1.165, 1.54) is 0 Å². The van der Waals surface area contributed by atoms with E-state index in [1.807, 2.05) is 30.4 Å². The molecule has 0 aliphatic carbocycles. The topological polar surface area (TPSA) is 237 Å². The minimum absolute atomic E-state index is 0.00766. The molecule has 598 valence electrons. The lowest BCUT2D eigenvalue weighted by atomic mass is 10.1. The fourth-order valence-corrected chi connectivity index (χ4v) is 11.2. The summed E-state index contributed by atoms with van der Waals surface area (Å²) < 4.78 is 68.4. The van der Waals surface area contributed by atoms with Crippen LogP contribution in [0.15, 0.2) is 194 Å². The minimum atomic E-state index is -5.02. The average Bonchev–Trinajstić information content (AvgIpc) is 0.907. The van der Waals surface area contributed by atoms with E-state index in [0.717, 1.165) is 180 Å². The van der Waals surface area contributed by atoms with Crippen LogP contribution in [0.2, 0.25) is 0 Å². The molecule has 3 N–H and O–H groups in total. The Morgan fingerprint density at radius 1 is 0.274 bits per heavy atom. The van der Waals surface area contributed by atoms with Crippen LogP contribution in [0.4, 0.5) is 0 Å². The molecule has 0 aromatic rings. The van der Waals surface area contributed by atoms with Crippen LogP contribution < -0.4 is 0 Å². The van der Waals surface area contributed by atoms with E-state index in [-0.39, 0.29) is 25.7 Å². The number of aliphatic hydroxyl groups is 1. The molecule has 0 spiro atoms. The second-order valence-electron chi connectivity index (χ2n) is 25.5. The number of esters is 4. The van der Waals surface area contributed by atoms with Crippen LogP contribution in [0.1, 0.15) is 272 Å². The monoisotopic (exact) mass is 1520 g/mol. The van der Waals surface area contributed by atoms with Crippen molar-refractivity contribution in [3.05, 3.63) is 194 Å². The SMILES string of the molecule is CC/C=C\C/C=C\C/C=C\C/C=C\C/C=C\C/C=C\CCC(=O)OCC(COP(=O)(O)OCC(O)COP(=O)(O)OCC(COC(=O)CCCCCCCCC/C=C\C/C=C\C/C=C\CC)OC(=O)CCCCCCC/C=C\C/C=C\CCC)OC(=O)CCC/C=C\C/C=C\C/C=C\C/C=C\C/C=C\CC. The molecule has 5 unspecified atom stereocenters. The van der Waals surface area contributed by atoms with Gasteiger partial charge in [-0.15, -0.1) is 0 Å². The van der Waals surface area contributed by atoms with Crippen LogP contribution in [0, 0.1) is 0 Å². The lowest BCUT2D eigenvalue weighted by Crippen LogP contribution is -2.30. The van der Waals surface area contributed by atoms with E-state index in [2.05, 4.69) is 192 Å². The lowest BCUT2D eigenvalue weighted by Gasteiger charge is -2.21. The van der Waals surface area contributed by atoms with Crippen molar-refractivity contribution < 1.29 is 80.2 Å². The Morgan fingerprint density at radius 2 is 0.519 bits per heavy atom. The molecular formula is C87H138O17P2. The third kappa shape index (κ3) is 76.1. The molecule has 0 rings (SSSR count). The van der Waals surface area contributed by atoms with Crippen LogP contribution in [0.3, 0.4) is 0 Å². The first-order valence-corrected chi connectivity index (χ1v) is 42.7. The van der Waals surface area contributed by atoms with Crippen molar-refractivity contribution in [2.45, 2.75) is 290 Å². The number of hydrogen-bond donors (Lipinski definition) is 3. The van der Waals surface area contributed by atoms with Gasteiger partial charge in [-0.05, 0) is 161 Å². The predicted octanol–water partition coefficient (Wildman–Crippen LogP) is 23.3. The van der Waals surface area contributed by atoms with Gasteiger partial charge in [0.25, 0.3) is 0 Å². The Balaban J connectivity index is 5.51. The zero-order valence-electron chi connectivity index (χ0n) is 65.3. The largest absolute Gasteiger partial charge is 0.472 e. The molecule has 5 atom stereocenters. The Labute approximate surface area is 640 Å². The van der Waals surface area contributed by atoms with Gasteiger partial charge in [0, 0.05) is 25.7 Å². The molecule has 0 bridgehead atoms. The highest BCUT2D eigenvalue weighted by atomic mass is 31.2. The molecule has 0 heterocycles. The molecule has 0 aromatic heterocycles. The fourth-order valence-electron chi connectivity index (χ4n) is 9.63. The third-order valence-electron chi connectivity index (χ3n) is 15.5. The summed E-state index contributed by atoms with van der Waals surface area (Å²) in [6.07, 6.45) is 94.4.